The van der Waals surface area contributed by atoms with Crippen LogP contribution in [0.2, 0.25) is 0 Å². The van der Waals surface area contributed by atoms with Gasteiger partial charge in [0.05, 0.1) is 24.2 Å². The Bertz CT molecular complexity index is 666. The van der Waals surface area contributed by atoms with E-state index in [1.165, 1.54) is 0 Å². The highest BCUT2D eigenvalue weighted by molar-refractivity contribution is 5.80. The van der Waals surface area contributed by atoms with Crippen LogP contribution in [-0.4, -0.2) is 42.4 Å². The van der Waals surface area contributed by atoms with Gasteiger partial charge in [-0.25, -0.2) is 0 Å². The van der Waals surface area contributed by atoms with Crippen molar-refractivity contribution < 1.29 is 23.8 Å². The van der Waals surface area contributed by atoms with Gasteiger partial charge in [-0.1, -0.05) is 32.8 Å². The Labute approximate surface area is 186 Å². The van der Waals surface area contributed by atoms with Gasteiger partial charge in [-0.3, -0.25) is 9.59 Å². The van der Waals surface area contributed by atoms with Crippen LogP contribution in [0.3, 0.4) is 0 Å². The zero-order valence-corrected chi connectivity index (χ0v) is 19.8. The summed E-state index contributed by atoms with van der Waals surface area (Å²) in [6.07, 6.45) is 2.48. The van der Waals surface area contributed by atoms with E-state index in [9.17, 15) is 9.59 Å². The first-order valence-electron chi connectivity index (χ1n) is 11.8. The lowest BCUT2D eigenvalue weighted by Crippen LogP contribution is -2.44. The molecule has 0 N–H and O–H groups in total. The molecule has 2 rings (SSSR count). The maximum absolute atomic E-state index is 13.0. The molecule has 0 saturated carbocycles. The summed E-state index contributed by atoms with van der Waals surface area (Å²) in [7, 11) is 0. The van der Waals surface area contributed by atoms with Gasteiger partial charge in [0, 0.05) is 17.3 Å². The molecule has 0 aromatic heterocycles. The highest BCUT2D eigenvalue weighted by Gasteiger charge is 2.38. The maximum Gasteiger partial charge on any atom is 0.311 e. The van der Waals surface area contributed by atoms with Crippen molar-refractivity contribution in [3.63, 3.8) is 0 Å². The number of azide groups is 1. The molecule has 0 radical (unpaired) electrons. The zero-order chi connectivity index (χ0) is 23.1. The normalized spacial score (nSPS) is 40.8. The highest BCUT2D eigenvalue weighted by Crippen LogP contribution is 2.32. The second kappa shape index (κ2) is 11.8. The van der Waals surface area contributed by atoms with Gasteiger partial charge in [0.25, 0.3) is 0 Å². The number of carbonyl (C=O) groups excluding carboxylic acids is 2. The average Bonchev–Trinajstić information content (AvgIpc) is 2.74. The Hall–Kier alpha value is -1.63. The largest absolute Gasteiger partial charge is 0.462 e. The fourth-order valence-electron chi connectivity index (χ4n) is 4.80. The second-order valence-electron chi connectivity index (χ2n) is 9.49. The van der Waals surface area contributed by atoms with Crippen LogP contribution in [0, 0.1) is 23.7 Å². The van der Waals surface area contributed by atoms with E-state index in [-0.39, 0.29) is 47.8 Å². The van der Waals surface area contributed by atoms with Crippen molar-refractivity contribution >= 4 is 11.8 Å². The highest BCUT2D eigenvalue weighted by atomic mass is 16.7. The molecule has 0 aromatic rings. The molecule has 2 saturated heterocycles. The molecule has 0 aliphatic carbocycles. The lowest BCUT2D eigenvalue weighted by atomic mass is 9.83. The molecule has 2 heterocycles. The van der Waals surface area contributed by atoms with Crippen molar-refractivity contribution in [1.82, 2.24) is 0 Å². The van der Waals surface area contributed by atoms with Crippen LogP contribution in [0.1, 0.15) is 80.1 Å². The molecule has 2 aliphatic heterocycles. The van der Waals surface area contributed by atoms with E-state index in [1.807, 2.05) is 41.5 Å². The third-order valence-corrected chi connectivity index (χ3v) is 6.97. The van der Waals surface area contributed by atoms with E-state index < -0.39 is 18.3 Å². The zero-order valence-electron chi connectivity index (χ0n) is 19.8. The molecule has 9 atom stereocenters. The number of cyclic esters (lactones) is 1. The van der Waals surface area contributed by atoms with Gasteiger partial charge in [0.1, 0.15) is 11.9 Å². The fourth-order valence-corrected chi connectivity index (χ4v) is 4.80. The van der Waals surface area contributed by atoms with E-state index in [4.69, 9.17) is 19.7 Å². The van der Waals surface area contributed by atoms with Crippen LogP contribution in [0.4, 0.5) is 0 Å². The van der Waals surface area contributed by atoms with E-state index >= 15 is 0 Å². The number of nitrogens with zero attached hydrogens (tertiary/aromatic N) is 3. The summed E-state index contributed by atoms with van der Waals surface area (Å²) >= 11 is 0. The SMILES string of the molecule is CCC1OC(=O)[C@H](C)C(O[C@H]2CC[C@@H](N=[N+]=[N-])[C@H](C)O2)[C@@H](C)C[C@@H](C)C(=O)CC[C@H]1C. The number of ether oxygens (including phenoxy) is 3. The quantitative estimate of drug-likeness (QED) is 0.260. The van der Waals surface area contributed by atoms with Crippen molar-refractivity contribution in [2.75, 3.05) is 0 Å². The summed E-state index contributed by atoms with van der Waals surface area (Å²) in [5.41, 5.74) is 8.71. The number of hydrogen-bond donors (Lipinski definition) is 0. The molecule has 2 unspecified atom stereocenters. The van der Waals surface area contributed by atoms with E-state index in [0.29, 0.717) is 32.1 Å². The van der Waals surface area contributed by atoms with Gasteiger partial charge >= 0.3 is 5.97 Å². The number of hydrogen-bond acceptors (Lipinski definition) is 6. The van der Waals surface area contributed by atoms with Gasteiger partial charge < -0.3 is 14.2 Å². The van der Waals surface area contributed by atoms with E-state index in [1.54, 1.807) is 0 Å². The topological polar surface area (TPSA) is 111 Å². The van der Waals surface area contributed by atoms with Gasteiger partial charge in [0.2, 0.25) is 0 Å². The number of carbonyl (C=O) groups is 2. The minimum absolute atomic E-state index is 0.0211. The van der Waals surface area contributed by atoms with Gasteiger partial charge in [0.15, 0.2) is 6.29 Å². The number of ketones is 1. The van der Waals surface area contributed by atoms with Crippen LogP contribution >= 0.6 is 0 Å². The van der Waals surface area contributed by atoms with Crippen LogP contribution in [0.15, 0.2) is 5.11 Å². The summed E-state index contributed by atoms with van der Waals surface area (Å²) in [5, 5.41) is 3.79. The molecular weight excluding hydrogens is 398 g/mol. The smallest absolute Gasteiger partial charge is 0.311 e. The molecule has 0 aromatic carbocycles. The van der Waals surface area contributed by atoms with Gasteiger partial charge in [-0.15, -0.1) is 0 Å². The lowest BCUT2D eigenvalue weighted by Gasteiger charge is -2.38. The molecule has 31 heavy (non-hydrogen) atoms. The predicted molar refractivity (Wildman–Crippen MR) is 117 cm³/mol. The first-order valence-corrected chi connectivity index (χ1v) is 11.8. The Balaban J connectivity index is 2.20. The summed E-state index contributed by atoms with van der Waals surface area (Å²) in [6.45, 7) is 11.8. The monoisotopic (exact) mass is 437 g/mol. The number of rotatable bonds is 4. The Kier molecular flexibility index (Phi) is 9.79. The van der Waals surface area contributed by atoms with Crippen molar-refractivity contribution in [2.24, 2.45) is 28.8 Å². The Morgan fingerprint density at radius 2 is 1.81 bits per heavy atom. The molecule has 0 bridgehead atoms. The lowest BCUT2D eigenvalue weighted by molar-refractivity contribution is -0.234. The molecule has 8 nitrogen and oxygen atoms in total. The summed E-state index contributed by atoms with van der Waals surface area (Å²) in [5.74, 6) is -0.457. The van der Waals surface area contributed by atoms with E-state index in [2.05, 4.69) is 10.0 Å². The van der Waals surface area contributed by atoms with Crippen LogP contribution < -0.4 is 0 Å². The van der Waals surface area contributed by atoms with Gasteiger partial charge in [-0.2, -0.15) is 0 Å². The van der Waals surface area contributed by atoms with E-state index in [0.717, 1.165) is 6.42 Å². The Morgan fingerprint density at radius 3 is 2.42 bits per heavy atom. The van der Waals surface area contributed by atoms with Crippen LogP contribution in [0.25, 0.3) is 10.4 Å². The minimum Gasteiger partial charge on any atom is -0.462 e. The van der Waals surface area contributed by atoms with Crippen LogP contribution in [-0.2, 0) is 23.8 Å². The van der Waals surface area contributed by atoms with Crippen molar-refractivity contribution in [3.05, 3.63) is 10.4 Å². The van der Waals surface area contributed by atoms with Crippen molar-refractivity contribution in [2.45, 2.75) is 111 Å². The molecule has 2 fully saturated rings. The molecule has 2 aliphatic rings. The number of Topliss-reactive ketones (excluding diaryl/α,β-unsaturated/α-hetero) is 1. The first-order chi connectivity index (χ1) is 14.7. The summed E-state index contributed by atoms with van der Waals surface area (Å²) < 4.78 is 18.2. The van der Waals surface area contributed by atoms with Crippen molar-refractivity contribution in [1.29, 1.82) is 0 Å². The molecule has 0 amide bonds. The predicted octanol–water partition coefficient (Wildman–Crippen LogP) is 5.19. The third kappa shape index (κ3) is 6.93. The maximum atomic E-state index is 13.0. The molecule has 8 heteroatoms. The number of esters is 1. The van der Waals surface area contributed by atoms with Crippen molar-refractivity contribution in [3.8, 4) is 0 Å². The second-order valence-corrected chi connectivity index (χ2v) is 9.49. The summed E-state index contributed by atoms with van der Waals surface area (Å²) in [4.78, 5) is 28.6. The molecular formula is C23H39N3O5. The first kappa shape index (κ1) is 25.6. The van der Waals surface area contributed by atoms with Gasteiger partial charge in [-0.05, 0) is 63.3 Å². The standard InChI is InChI=1S/C23H39N3O5/c1-7-20-13(2)8-10-19(27)14(3)12-15(4)22(16(5)23(28)30-20)31-21-11-9-18(25-26-24)17(6)29-21/h13-18,20-22H,7-12H2,1-6H3/t13-,14-,15+,16-,17+,18-,20?,21+,22?/m1/s1. The third-order valence-electron chi connectivity index (χ3n) is 6.97. The van der Waals surface area contributed by atoms with Crippen LogP contribution in [0.5, 0.6) is 0 Å². The minimum atomic E-state index is -0.484. The fraction of sp³-hybridized carbons (Fsp3) is 0.913. The molecule has 176 valence electrons. The molecule has 0 spiro atoms. The average molecular weight is 438 g/mol. The summed E-state index contributed by atoms with van der Waals surface area (Å²) in [6, 6.07) is -0.217. The Morgan fingerprint density at radius 1 is 1.10 bits per heavy atom.